The van der Waals surface area contributed by atoms with Gasteiger partial charge in [0, 0.05) is 19.0 Å². The lowest BCUT2D eigenvalue weighted by atomic mass is 10.0. The van der Waals surface area contributed by atoms with E-state index in [0.717, 1.165) is 31.2 Å². The summed E-state index contributed by atoms with van der Waals surface area (Å²) in [6.07, 6.45) is 4.77. The molecular formula is C23H27NO5. The molecule has 1 fully saturated rings. The van der Waals surface area contributed by atoms with Crippen LogP contribution in [0.1, 0.15) is 41.6 Å². The summed E-state index contributed by atoms with van der Waals surface area (Å²) in [5.41, 5.74) is 1.22. The molecule has 2 aromatic rings. The van der Waals surface area contributed by atoms with Gasteiger partial charge in [-0.1, -0.05) is 30.3 Å². The number of likely N-dealkylation sites (N-methyl/N-ethyl adjacent to an activating group) is 1. The van der Waals surface area contributed by atoms with Gasteiger partial charge in [-0.05, 0) is 49.4 Å². The standard InChI is InChI=1S/C23H27NO5/c1-24(19(23(26)27)14-16-8-4-3-5-9-16)22(25)17-12-13-20(21(15-17)28-2)29-18-10-6-7-11-18/h3-5,8-9,12-13,15,18-19H,6-7,10-11,14H2,1-2H3,(H,26,27). The normalized spacial score (nSPS) is 15.0. The van der Waals surface area contributed by atoms with Crippen LogP contribution in [0.4, 0.5) is 0 Å². The van der Waals surface area contributed by atoms with Gasteiger partial charge in [0.2, 0.25) is 0 Å². The smallest absolute Gasteiger partial charge is 0.326 e. The Labute approximate surface area is 171 Å². The first-order chi connectivity index (χ1) is 14.0. The average Bonchev–Trinajstić information content (AvgIpc) is 3.25. The summed E-state index contributed by atoms with van der Waals surface area (Å²) >= 11 is 0. The van der Waals surface area contributed by atoms with Crippen LogP contribution in [0.15, 0.2) is 48.5 Å². The van der Waals surface area contributed by atoms with E-state index in [2.05, 4.69) is 0 Å². The van der Waals surface area contributed by atoms with Crippen LogP contribution in [-0.2, 0) is 11.2 Å². The fourth-order valence-corrected chi connectivity index (χ4v) is 3.66. The summed E-state index contributed by atoms with van der Waals surface area (Å²) < 4.78 is 11.4. The molecule has 0 saturated heterocycles. The molecule has 1 aliphatic rings. The summed E-state index contributed by atoms with van der Waals surface area (Å²) in [6, 6.07) is 13.3. The second-order valence-corrected chi connectivity index (χ2v) is 7.35. The molecule has 6 nitrogen and oxygen atoms in total. The topological polar surface area (TPSA) is 76.1 Å². The number of amides is 1. The zero-order valence-corrected chi connectivity index (χ0v) is 16.8. The second-order valence-electron chi connectivity index (χ2n) is 7.35. The van der Waals surface area contributed by atoms with Crippen LogP contribution in [0.5, 0.6) is 11.5 Å². The maximum absolute atomic E-state index is 13.0. The van der Waals surface area contributed by atoms with E-state index in [1.165, 1.54) is 19.1 Å². The Morgan fingerprint density at radius 1 is 1.10 bits per heavy atom. The van der Waals surface area contributed by atoms with Crippen molar-refractivity contribution >= 4 is 11.9 Å². The molecule has 0 aliphatic heterocycles. The van der Waals surface area contributed by atoms with E-state index in [1.807, 2.05) is 30.3 Å². The Morgan fingerprint density at radius 2 is 1.79 bits per heavy atom. The van der Waals surface area contributed by atoms with E-state index in [4.69, 9.17) is 9.47 Å². The number of hydrogen-bond donors (Lipinski definition) is 1. The number of ether oxygens (including phenoxy) is 2. The summed E-state index contributed by atoms with van der Waals surface area (Å²) in [4.78, 5) is 26.0. The van der Waals surface area contributed by atoms with Gasteiger partial charge in [0.15, 0.2) is 11.5 Å². The van der Waals surface area contributed by atoms with Crippen molar-refractivity contribution in [2.75, 3.05) is 14.2 Å². The number of rotatable bonds is 8. The van der Waals surface area contributed by atoms with Crippen molar-refractivity contribution in [2.45, 2.75) is 44.2 Å². The fraction of sp³-hybridized carbons (Fsp3) is 0.391. The van der Waals surface area contributed by atoms with Crippen LogP contribution in [0.3, 0.4) is 0 Å². The maximum Gasteiger partial charge on any atom is 0.326 e. The molecule has 1 aliphatic carbocycles. The molecule has 1 amide bonds. The van der Waals surface area contributed by atoms with Crippen LogP contribution in [0, 0.1) is 0 Å². The Bertz CT molecular complexity index is 846. The quantitative estimate of drug-likeness (QED) is 0.734. The number of carbonyl (C=O) groups is 2. The van der Waals surface area contributed by atoms with Crippen LogP contribution in [0.2, 0.25) is 0 Å². The van der Waals surface area contributed by atoms with E-state index >= 15 is 0 Å². The number of aliphatic carboxylic acids is 1. The number of carboxylic acid groups (broad SMARTS) is 1. The lowest BCUT2D eigenvalue weighted by molar-refractivity contribution is -0.141. The number of carbonyl (C=O) groups excluding carboxylic acids is 1. The van der Waals surface area contributed by atoms with Gasteiger partial charge in [-0.15, -0.1) is 0 Å². The third-order valence-electron chi connectivity index (χ3n) is 5.35. The summed E-state index contributed by atoms with van der Waals surface area (Å²) in [7, 11) is 3.05. The molecule has 1 N–H and O–H groups in total. The van der Waals surface area contributed by atoms with Gasteiger partial charge >= 0.3 is 5.97 Å². The number of carboxylic acids is 1. The lowest BCUT2D eigenvalue weighted by Crippen LogP contribution is -2.43. The molecule has 29 heavy (non-hydrogen) atoms. The molecule has 154 valence electrons. The Morgan fingerprint density at radius 3 is 2.41 bits per heavy atom. The molecule has 6 heteroatoms. The predicted octanol–water partition coefficient (Wildman–Crippen LogP) is 3.78. The highest BCUT2D eigenvalue weighted by Gasteiger charge is 2.28. The van der Waals surface area contributed by atoms with Crippen LogP contribution < -0.4 is 9.47 Å². The number of hydrogen-bond acceptors (Lipinski definition) is 4. The summed E-state index contributed by atoms with van der Waals surface area (Å²) in [5, 5.41) is 9.67. The Balaban J connectivity index is 1.77. The Hall–Kier alpha value is -3.02. The molecule has 0 aromatic heterocycles. The van der Waals surface area contributed by atoms with Crippen LogP contribution in [-0.4, -0.2) is 48.2 Å². The van der Waals surface area contributed by atoms with Crippen molar-refractivity contribution < 1.29 is 24.2 Å². The zero-order valence-electron chi connectivity index (χ0n) is 16.8. The molecular weight excluding hydrogens is 370 g/mol. The highest BCUT2D eigenvalue weighted by molar-refractivity contribution is 5.97. The molecule has 1 atom stereocenters. The lowest BCUT2D eigenvalue weighted by Gasteiger charge is -2.25. The molecule has 0 bridgehead atoms. The van der Waals surface area contributed by atoms with Crippen LogP contribution >= 0.6 is 0 Å². The summed E-state index contributed by atoms with van der Waals surface area (Å²) in [6.45, 7) is 0. The highest BCUT2D eigenvalue weighted by atomic mass is 16.5. The molecule has 1 unspecified atom stereocenters. The molecule has 2 aromatic carbocycles. The third kappa shape index (κ3) is 5.08. The molecule has 0 heterocycles. The van der Waals surface area contributed by atoms with Crippen molar-refractivity contribution in [2.24, 2.45) is 0 Å². The first-order valence-electron chi connectivity index (χ1n) is 9.88. The monoisotopic (exact) mass is 397 g/mol. The largest absolute Gasteiger partial charge is 0.493 e. The van der Waals surface area contributed by atoms with Gasteiger partial charge < -0.3 is 19.5 Å². The Kier molecular flexibility index (Phi) is 6.75. The number of benzene rings is 2. The van der Waals surface area contributed by atoms with Gasteiger partial charge in [-0.25, -0.2) is 4.79 Å². The highest BCUT2D eigenvalue weighted by Crippen LogP contribution is 2.32. The molecule has 0 spiro atoms. The average molecular weight is 397 g/mol. The minimum absolute atomic E-state index is 0.176. The van der Waals surface area contributed by atoms with Crippen molar-refractivity contribution in [1.29, 1.82) is 0 Å². The minimum atomic E-state index is -1.04. The van der Waals surface area contributed by atoms with E-state index in [0.29, 0.717) is 17.1 Å². The number of nitrogens with zero attached hydrogens (tertiary/aromatic N) is 1. The van der Waals surface area contributed by atoms with Crippen molar-refractivity contribution in [3.8, 4) is 11.5 Å². The molecule has 0 radical (unpaired) electrons. The van der Waals surface area contributed by atoms with Gasteiger partial charge in [-0.2, -0.15) is 0 Å². The number of methoxy groups -OCH3 is 1. The van der Waals surface area contributed by atoms with E-state index in [9.17, 15) is 14.7 Å². The SMILES string of the molecule is COc1cc(C(=O)N(C)C(Cc2ccccc2)C(=O)O)ccc1OC1CCCC1. The van der Waals surface area contributed by atoms with Gasteiger partial charge in [0.05, 0.1) is 13.2 Å². The van der Waals surface area contributed by atoms with E-state index in [-0.39, 0.29) is 18.4 Å². The van der Waals surface area contributed by atoms with Crippen LogP contribution in [0.25, 0.3) is 0 Å². The fourth-order valence-electron chi connectivity index (χ4n) is 3.66. The predicted molar refractivity (Wildman–Crippen MR) is 110 cm³/mol. The summed E-state index contributed by atoms with van der Waals surface area (Å²) in [5.74, 6) is -0.333. The van der Waals surface area contributed by atoms with Gasteiger partial charge in [0.25, 0.3) is 5.91 Å². The molecule has 1 saturated carbocycles. The van der Waals surface area contributed by atoms with E-state index in [1.54, 1.807) is 18.2 Å². The zero-order chi connectivity index (χ0) is 20.8. The van der Waals surface area contributed by atoms with Crippen molar-refractivity contribution in [3.63, 3.8) is 0 Å². The first kappa shape index (κ1) is 20.7. The van der Waals surface area contributed by atoms with Crippen molar-refractivity contribution in [3.05, 3.63) is 59.7 Å². The van der Waals surface area contributed by atoms with E-state index < -0.39 is 12.0 Å². The third-order valence-corrected chi connectivity index (χ3v) is 5.35. The van der Waals surface area contributed by atoms with Crippen molar-refractivity contribution in [1.82, 2.24) is 4.90 Å². The first-order valence-corrected chi connectivity index (χ1v) is 9.88. The minimum Gasteiger partial charge on any atom is -0.493 e. The molecule has 3 rings (SSSR count). The van der Waals surface area contributed by atoms with Gasteiger partial charge in [0.1, 0.15) is 6.04 Å². The maximum atomic E-state index is 13.0. The second kappa shape index (κ2) is 9.45. The van der Waals surface area contributed by atoms with Gasteiger partial charge in [-0.3, -0.25) is 4.79 Å².